The molecule has 278 valence electrons. The summed E-state index contributed by atoms with van der Waals surface area (Å²) in [6.45, 7) is 9.57. The van der Waals surface area contributed by atoms with Crippen molar-refractivity contribution in [1.82, 2.24) is 0 Å². The maximum absolute atomic E-state index is 6.98. The molecule has 0 bridgehead atoms. The molecular formula is C55H41NO2. The molecule has 0 unspecified atom stereocenters. The summed E-state index contributed by atoms with van der Waals surface area (Å²) < 4.78 is 13.6. The monoisotopic (exact) mass is 747 g/mol. The molecule has 0 amide bonds. The second-order valence-electron chi connectivity index (χ2n) is 17.2. The van der Waals surface area contributed by atoms with Crippen LogP contribution >= 0.6 is 0 Å². The SMILES string of the molecule is CC1(C)c2ccccc2-c2cc(N(c3ccccc3)c3cccc4oc5cc6c(cc5c34)-c3ccccc3C63c4ccccc4Oc4ccccc43)ccc2C1(C)C. The molecule has 1 aromatic heterocycles. The van der Waals surface area contributed by atoms with Gasteiger partial charge in [0, 0.05) is 27.9 Å². The van der Waals surface area contributed by atoms with Crippen molar-refractivity contribution in [3.63, 3.8) is 0 Å². The Bertz CT molecular complexity index is 3120. The van der Waals surface area contributed by atoms with Gasteiger partial charge in [0.25, 0.3) is 0 Å². The quantitative estimate of drug-likeness (QED) is 0.180. The minimum atomic E-state index is -0.564. The molecule has 0 saturated heterocycles. The van der Waals surface area contributed by atoms with E-state index in [2.05, 4.69) is 209 Å². The van der Waals surface area contributed by atoms with E-state index in [1.165, 1.54) is 44.5 Å². The molecule has 3 aliphatic rings. The van der Waals surface area contributed by atoms with Crippen LogP contribution in [-0.4, -0.2) is 0 Å². The first kappa shape index (κ1) is 33.3. The molecule has 1 aliphatic heterocycles. The van der Waals surface area contributed by atoms with E-state index in [0.29, 0.717) is 0 Å². The van der Waals surface area contributed by atoms with Crippen molar-refractivity contribution < 1.29 is 9.15 Å². The van der Waals surface area contributed by atoms with E-state index in [1.54, 1.807) is 0 Å². The molecule has 3 nitrogen and oxygen atoms in total. The molecule has 58 heavy (non-hydrogen) atoms. The fourth-order valence-electron chi connectivity index (χ4n) is 10.7. The maximum Gasteiger partial charge on any atom is 0.137 e. The fourth-order valence-corrected chi connectivity index (χ4v) is 10.7. The van der Waals surface area contributed by atoms with E-state index < -0.39 is 5.41 Å². The number of ether oxygens (including phenoxy) is 1. The van der Waals surface area contributed by atoms with E-state index in [9.17, 15) is 0 Å². The van der Waals surface area contributed by atoms with E-state index in [0.717, 1.165) is 61.6 Å². The second-order valence-corrected chi connectivity index (χ2v) is 17.2. The predicted octanol–water partition coefficient (Wildman–Crippen LogP) is 14.8. The van der Waals surface area contributed by atoms with E-state index >= 15 is 0 Å². The highest BCUT2D eigenvalue weighted by molar-refractivity contribution is 6.15. The number of anilines is 3. The average Bonchev–Trinajstić information content (AvgIpc) is 3.76. The van der Waals surface area contributed by atoms with Gasteiger partial charge in [-0.1, -0.05) is 143 Å². The van der Waals surface area contributed by atoms with Crippen molar-refractivity contribution in [2.24, 2.45) is 0 Å². The lowest BCUT2D eigenvalue weighted by Gasteiger charge is -2.48. The van der Waals surface area contributed by atoms with Gasteiger partial charge < -0.3 is 14.1 Å². The van der Waals surface area contributed by atoms with Crippen LogP contribution in [0.4, 0.5) is 17.1 Å². The molecule has 2 heterocycles. The summed E-state index contributed by atoms with van der Waals surface area (Å²) in [6, 6.07) is 64.0. The number of hydrogen-bond donors (Lipinski definition) is 0. The Morgan fingerprint density at radius 2 is 0.966 bits per heavy atom. The third-order valence-corrected chi connectivity index (χ3v) is 14.1. The van der Waals surface area contributed by atoms with Gasteiger partial charge in [0.2, 0.25) is 0 Å². The standard InChI is InChI=1S/C55H41NO2/c1-53(2)41-21-10-8-19-36(41)38-31-35(29-30-42(38)54(53,3)4)56(34-17-6-5-7-18-34)47-25-16-28-50-52(47)40-32-39-37-20-9-11-22-43(37)55(46(39)33-51(40)58-50)44-23-12-14-26-48(44)57-49-27-15-13-24-45(49)55/h5-33H,1-4H3. The normalized spacial score (nSPS) is 15.8. The molecule has 0 fully saturated rings. The zero-order valence-corrected chi connectivity index (χ0v) is 33.0. The molecule has 12 rings (SSSR count). The molecule has 9 aromatic rings. The highest BCUT2D eigenvalue weighted by Gasteiger charge is 2.51. The Kier molecular flexibility index (Phi) is 6.67. The van der Waals surface area contributed by atoms with E-state index in [1.807, 2.05) is 0 Å². The second kappa shape index (κ2) is 11.6. The molecule has 0 N–H and O–H groups in total. The lowest BCUT2D eigenvalue weighted by atomic mass is 9.55. The van der Waals surface area contributed by atoms with Gasteiger partial charge in [0.15, 0.2) is 0 Å². The van der Waals surface area contributed by atoms with Crippen LogP contribution in [-0.2, 0) is 16.2 Å². The Hall–Kier alpha value is -6.84. The summed E-state index contributed by atoms with van der Waals surface area (Å²) in [7, 11) is 0. The van der Waals surface area contributed by atoms with Crippen LogP contribution in [0.15, 0.2) is 180 Å². The Labute approximate surface area is 338 Å². The zero-order chi connectivity index (χ0) is 39.0. The van der Waals surface area contributed by atoms with Gasteiger partial charge in [-0.3, -0.25) is 0 Å². The molecule has 0 saturated carbocycles. The number of benzene rings is 8. The highest BCUT2D eigenvalue weighted by Crippen LogP contribution is 2.63. The summed E-state index contributed by atoms with van der Waals surface area (Å²) >= 11 is 0. The fraction of sp³-hybridized carbons (Fsp3) is 0.127. The van der Waals surface area contributed by atoms with Gasteiger partial charge >= 0.3 is 0 Å². The van der Waals surface area contributed by atoms with Crippen LogP contribution in [0, 0.1) is 0 Å². The summed E-state index contributed by atoms with van der Waals surface area (Å²) in [6.07, 6.45) is 0. The number of para-hydroxylation sites is 3. The van der Waals surface area contributed by atoms with Gasteiger partial charge in [0.1, 0.15) is 22.7 Å². The summed E-state index contributed by atoms with van der Waals surface area (Å²) in [5, 5.41) is 2.19. The van der Waals surface area contributed by atoms with Gasteiger partial charge in [-0.25, -0.2) is 0 Å². The predicted molar refractivity (Wildman–Crippen MR) is 237 cm³/mol. The van der Waals surface area contributed by atoms with Gasteiger partial charge in [-0.15, -0.1) is 0 Å². The average molecular weight is 748 g/mol. The Morgan fingerprint density at radius 3 is 1.67 bits per heavy atom. The number of fused-ring (bicyclic) bond motifs is 15. The van der Waals surface area contributed by atoms with Crippen molar-refractivity contribution in [3.8, 4) is 33.8 Å². The van der Waals surface area contributed by atoms with Crippen LogP contribution in [0.2, 0.25) is 0 Å². The third kappa shape index (κ3) is 4.18. The molecule has 0 radical (unpaired) electrons. The molecule has 1 spiro atoms. The van der Waals surface area contributed by atoms with Crippen molar-refractivity contribution >= 4 is 39.0 Å². The highest BCUT2D eigenvalue weighted by atomic mass is 16.5. The molecule has 3 heteroatoms. The van der Waals surface area contributed by atoms with Gasteiger partial charge in [0.05, 0.1) is 16.5 Å². The Morgan fingerprint density at radius 1 is 0.397 bits per heavy atom. The van der Waals surface area contributed by atoms with Crippen molar-refractivity contribution in [3.05, 3.63) is 209 Å². The smallest absolute Gasteiger partial charge is 0.137 e. The van der Waals surface area contributed by atoms with E-state index in [-0.39, 0.29) is 10.8 Å². The first-order chi connectivity index (χ1) is 28.3. The van der Waals surface area contributed by atoms with Gasteiger partial charge in [-0.2, -0.15) is 0 Å². The number of rotatable bonds is 3. The van der Waals surface area contributed by atoms with Crippen molar-refractivity contribution in [2.75, 3.05) is 4.90 Å². The summed E-state index contributed by atoms with van der Waals surface area (Å²) in [5.74, 6) is 1.77. The third-order valence-electron chi connectivity index (χ3n) is 14.1. The van der Waals surface area contributed by atoms with Gasteiger partial charge in [-0.05, 0) is 116 Å². The summed E-state index contributed by atoms with van der Waals surface area (Å²) in [4.78, 5) is 2.42. The number of nitrogens with zero attached hydrogens (tertiary/aromatic N) is 1. The lowest BCUT2D eigenvalue weighted by Crippen LogP contribution is -2.43. The topological polar surface area (TPSA) is 25.6 Å². The first-order valence-electron chi connectivity index (χ1n) is 20.3. The Balaban J connectivity index is 1.13. The maximum atomic E-state index is 6.98. The number of hydrogen-bond acceptors (Lipinski definition) is 3. The minimum Gasteiger partial charge on any atom is -0.457 e. The van der Waals surface area contributed by atoms with Crippen LogP contribution in [0.5, 0.6) is 11.5 Å². The molecule has 0 atom stereocenters. The molecule has 2 aliphatic carbocycles. The largest absolute Gasteiger partial charge is 0.457 e. The van der Waals surface area contributed by atoms with Crippen LogP contribution in [0.3, 0.4) is 0 Å². The van der Waals surface area contributed by atoms with Crippen molar-refractivity contribution in [2.45, 2.75) is 43.9 Å². The first-order valence-corrected chi connectivity index (χ1v) is 20.3. The molecular weight excluding hydrogens is 707 g/mol. The zero-order valence-electron chi connectivity index (χ0n) is 33.0. The minimum absolute atomic E-state index is 0.0369. The van der Waals surface area contributed by atoms with Crippen LogP contribution < -0.4 is 9.64 Å². The molecule has 8 aromatic carbocycles. The van der Waals surface area contributed by atoms with Crippen LogP contribution in [0.25, 0.3) is 44.2 Å². The van der Waals surface area contributed by atoms with E-state index in [4.69, 9.17) is 9.15 Å². The van der Waals surface area contributed by atoms with Crippen molar-refractivity contribution in [1.29, 1.82) is 0 Å². The summed E-state index contributed by atoms with van der Waals surface area (Å²) in [5.41, 5.74) is 16.9. The number of furan rings is 1. The van der Waals surface area contributed by atoms with Crippen LogP contribution in [0.1, 0.15) is 61.1 Å². The lowest BCUT2D eigenvalue weighted by molar-refractivity contribution is 0.299.